The molecule has 0 atom stereocenters. The molecule has 0 aliphatic heterocycles. The molecule has 0 spiro atoms. The highest BCUT2D eigenvalue weighted by Crippen LogP contribution is 2.33. The number of thioether (sulfide) groups is 1. The zero-order valence-corrected chi connectivity index (χ0v) is 20.7. The lowest BCUT2D eigenvalue weighted by atomic mass is 10.1. The van der Waals surface area contributed by atoms with Crippen molar-refractivity contribution in [2.45, 2.75) is 77.3 Å². The summed E-state index contributed by atoms with van der Waals surface area (Å²) in [5, 5.41) is 12.9. The molecule has 2 aromatic rings. The zero-order valence-electron chi connectivity index (χ0n) is 18.9. The molecule has 29 heavy (non-hydrogen) atoms. The van der Waals surface area contributed by atoms with Crippen LogP contribution < -0.4 is 9.92 Å². The largest absolute Gasteiger partial charge is 0.507 e. The molecule has 1 N–H and O–H groups in total. The second kappa shape index (κ2) is 11.7. The van der Waals surface area contributed by atoms with Crippen molar-refractivity contribution >= 4 is 25.0 Å². The number of rotatable bonds is 12. The number of unbranched alkanes of at least 4 members (excludes halogenated alkanes) is 2. The van der Waals surface area contributed by atoms with Crippen molar-refractivity contribution in [3.8, 4) is 11.5 Å². The molecule has 0 bridgehead atoms. The Hall–Kier alpha value is -1.39. The zero-order chi connectivity index (χ0) is 21.3. The minimum atomic E-state index is -1.65. The highest BCUT2D eigenvalue weighted by atomic mass is 32.2. The van der Waals surface area contributed by atoms with Gasteiger partial charge in [-0.05, 0) is 61.5 Å². The molecule has 0 unspecified atom stereocenters. The second-order valence-electron chi connectivity index (χ2n) is 8.14. The quantitative estimate of drug-likeness (QED) is 0.290. The van der Waals surface area contributed by atoms with Crippen LogP contribution >= 0.6 is 11.8 Å². The van der Waals surface area contributed by atoms with Gasteiger partial charge in [-0.3, -0.25) is 0 Å². The van der Waals surface area contributed by atoms with E-state index in [1.807, 2.05) is 32.5 Å². The van der Waals surface area contributed by atoms with Gasteiger partial charge in [0.2, 0.25) is 0 Å². The fourth-order valence-electron chi connectivity index (χ4n) is 3.96. The normalized spacial score (nSPS) is 11.6. The predicted octanol–water partition coefficient (Wildman–Crippen LogP) is 7.00. The highest BCUT2D eigenvalue weighted by Gasteiger charge is 2.34. The number of aryl methyl sites for hydroxylation is 2. The van der Waals surface area contributed by atoms with Crippen LogP contribution in [0.15, 0.2) is 41.3 Å². The lowest BCUT2D eigenvalue weighted by Gasteiger charge is -2.33. The molecular formula is C25H38O2SSi. The van der Waals surface area contributed by atoms with Crippen LogP contribution in [-0.2, 0) is 0 Å². The van der Waals surface area contributed by atoms with Crippen molar-refractivity contribution in [2.75, 3.05) is 12.0 Å². The molecule has 0 saturated heterocycles. The molecule has 0 radical (unpaired) electrons. The van der Waals surface area contributed by atoms with Crippen LogP contribution in [-0.4, -0.2) is 25.2 Å². The van der Waals surface area contributed by atoms with E-state index in [9.17, 15) is 5.11 Å². The van der Waals surface area contributed by atoms with Crippen molar-refractivity contribution in [1.82, 2.24) is 0 Å². The first kappa shape index (κ1) is 23.9. The van der Waals surface area contributed by atoms with E-state index >= 15 is 0 Å². The SMILES string of the molecule is CCCC[Si](CCCC)(CSc1cc(C)c(O)c(C)c1)c1ccc(OCC)cc1. The lowest BCUT2D eigenvalue weighted by molar-refractivity contribution is 0.340. The molecule has 0 amide bonds. The van der Waals surface area contributed by atoms with Gasteiger partial charge in [0.1, 0.15) is 11.5 Å². The third kappa shape index (κ3) is 6.55. The summed E-state index contributed by atoms with van der Waals surface area (Å²) in [4.78, 5) is 1.29. The van der Waals surface area contributed by atoms with Gasteiger partial charge in [-0.25, -0.2) is 0 Å². The smallest absolute Gasteiger partial charge is 0.121 e. The summed E-state index contributed by atoms with van der Waals surface area (Å²) < 4.78 is 5.69. The minimum Gasteiger partial charge on any atom is -0.507 e. The van der Waals surface area contributed by atoms with Crippen LogP contribution in [0.1, 0.15) is 57.6 Å². The minimum absolute atomic E-state index is 0.432. The number of ether oxygens (including phenoxy) is 1. The first-order valence-corrected chi connectivity index (χ1v) is 14.7. The molecule has 0 aliphatic rings. The Morgan fingerprint density at radius 3 is 1.93 bits per heavy atom. The molecule has 0 aliphatic carbocycles. The first-order valence-electron chi connectivity index (χ1n) is 11.1. The van der Waals surface area contributed by atoms with E-state index in [0.717, 1.165) is 16.9 Å². The number of aromatic hydroxyl groups is 1. The van der Waals surface area contributed by atoms with Gasteiger partial charge in [-0.1, -0.05) is 68.9 Å². The van der Waals surface area contributed by atoms with Crippen molar-refractivity contribution in [3.63, 3.8) is 0 Å². The van der Waals surface area contributed by atoms with Gasteiger partial charge in [-0.2, -0.15) is 0 Å². The number of phenolic OH excluding ortho intramolecular Hbond substituents is 1. The Bertz CT molecular complexity index is 727. The molecule has 0 heterocycles. The maximum atomic E-state index is 10.1. The summed E-state index contributed by atoms with van der Waals surface area (Å²) in [6.07, 6.45) is 5.11. The molecule has 2 nitrogen and oxygen atoms in total. The summed E-state index contributed by atoms with van der Waals surface area (Å²) >= 11 is 1.99. The van der Waals surface area contributed by atoms with Gasteiger partial charge < -0.3 is 9.84 Å². The molecule has 0 saturated carbocycles. The topological polar surface area (TPSA) is 29.5 Å². The number of hydrogen-bond acceptors (Lipinski definition) is 3. The van der Waals surface area contributed by atoms with Crippen LogP contribution in [0.25, 0.3) is 0 Å². The average Bonchev–Trinajstić information content (AvgIpc) is 2.72. The molecule has 2 rings (SSSR count). The van der Waals surface area contributed by atoms with E-state index in [4.69, 9.17) is 4.74 Å². The highest BCUT2D eigenvalue weighted by molar-refractivity contribution is 8.01. The van der Waals surface area contributed by atoms with Gasteiger partial charge in [0.25, 0.3) is 0 Å². The van der Waals surface area contributed by atoms with Gasteiger partial charge in [0, 0.05) is 4.90 Å². The van der Waals surface area contributed by atoms with Crippen LogP contribution in [0, 0.1) is 13.8 Å². The summed E-state index contributed by atoms with van der Waals surface area (Å²) in [6, 6.07) is 16.0. The van der Waals surface area contributed by atoms with Crippen LogP contribution in [0.2, 0.25) is 12.1 Å². The van der Waals surface area contributed by atoms with E-state index in [1.165, 1.54) is 48.0 Å². The van der Waals surface area contributed by atoms with Crippen molar-refractivity contribution < 1.29 is 9.84 Å². The summed E-state index contributed by atoms with van der Waals surface area (Å²) in [5.74, 6) is 1.41. The summed E-state index contributed by atoms with van der Waals surface area (Å²) in [7, 11) is -1.65. The van der Waals surface area contributed by atoms with Gasteiger partial charge in [0.15, 0.2) is 0 Å². The summed E-state index contributed by atoms with van der Waals surface area (Å²) in [5.41, 5.74) is 1.95. The van der Waals surface area contributed by atoms with Crippen molar-refractivity contribution in [1.29, 1.82) is 0 Å². The van der Waals surface area contributed by atoms with Crippen LogP contribution in [0.3, 0.4) is 0 Å². The standard InChI is InChI=1S/C25H38O2SSi/c1-6-9-15-29(16-10-7-2,24-13-11-22(12-14-24)27-8-3)19-28-23-17-20(4)25(26)21(5)18-23/h11-14,17-18,26H,6-10,15-16,19H2,1-5H3. The number of phenols is 1. The first-order chi connectivity index (χ1) is 14.0. The van der Waals surface area contributed by atoms with E-state index < -0.39 is 8.07 Å². The molecule has 4 heteroatoms. The molecule has 2 aromatic carbocycles. The number of hydrogen-bond donors (Lipinski definition) is 1. The lowest BCUT2D eigenvalue weighted by Crippen LogP contribution is -2.50. The Morgan fingerprint density at radius 2 is 1.45 bits per heavy atom. The Labute approximate surface area is 183 Å². The Balaban J connectivity index is 2.33. The van der Waals surface area contributed by atoms with Gasteiger partial charge in [-0.15, -0.1) is 11.8 Å². The average molecular weight is 431 g/mol. The predicted molar refractivity (Wildman–Crippen MR) is 131 cm³/mol. The summed E-state index contributed by atoms with van der Waals surface area (Å²) in [6.45, 7) is 11.3. The third-order valence-electron chi connectivity index (χ3n) is 5.78. The van der Waals surface area contributed by atoms with E-state index in [-0.39, 0.29) is 0 Å². The van der Waals surface area contributed by atoms with E-state index in [0.29, 0.717) is 12.4 Å². The maximum Gasteiger partial charge on any atom is 0.121 e. The van der Waals surface area contributed by atoms with Gasteiger partial charge in [0.05, 0.1) is 14.7 Å². The van der Waals surface area contributed by atoms with E-state index in [2.05, 4.69) is 50.2 Å². The fourth-order valence-corrected chi connectivity index (χ4v) is 11.8. The van der Waals surface area contributed by atoms with Crippen LogP contribution in [0.5, 0.6) is 11.5 Å². The van der Waals surface area contributed by atoms with E-state index in [1.54, 1.807) is 5.19 Å². The Kier molecular flexibility index (Phi) is 9.64. The fraction of sp³-hybridized carbons (Fsp3) is 0.520. The Morgan fingerprint density at radius 1 is 0.897 bits per heavy atom. The molecule has 0 fully saturated rings. The molecular weight excluding hydrogens is 392 g/mol. The maximum absolute atomic E-state index is 10.1. The van der Waals surface area contributed by atoms with Crippen molar-refractivity contribution in [3.05, 3.63) is 47.5 Å². The molecule has 0 aromatic heterocycles. The number of benzene rings is 2. The van der Waals surface area contributed by atoms with Crippen molar-refractivity contribution in [2.24, 2.45) is 0 Å². The monoisotopic (exact) mass is 430 g/mol. The third-order valence-corrected chi connectivity index (χ3v) is 13.3. The van der Waals surface area contributed by atoms with Gasteiger partial charge >= 0.3 is 0 Å². The van der Waals surface area contributed by atoms with Crippen LogP contribution in [0.4, 0.5) is 0 Å². The second-order valence-corrected chi connectivity index (χ2v) is 14.2. The molecule has 160 valence electrons.